The molecule has 0 aliphatic carbocycles. The van der Waals surface area contributed by atoms with Crippen LogP contribution in [-0.2, 0) is 9.53 Å². The van der Waals surface area contributed by atoms with E-state index in [0.717, 1.165) is 0 Å². The van der Waals surface area contributed by atoms with E-state index in [1.807, 2.05) is 0 Å². The molecule has 0 bridgehead atoms. The molecule has 2 aliphatic rings. The van der Waals surface area contributed by atoms with E-state index in [9.17, 15) is 9.18 Å². The molecule has 10 heavy (non-hydrogen) atoms. The Balaban J connectivity index is 2.16. The number of nitrogens with one attached hydrogen (secondary N) is 1. The van der Waals surface area contributed by atoms with E-state index in [2.05, 4.69) is 5.32 Å². The van der Waals surface area contributed by atoms with Crippen LogP contribution in [-0.4, -0.2) is 37.3 Å². The summed E-state index contributed by atoms with van der Waals surface area (Å²) in [5.74, 6) is -0.0230. The monoisotopic (exact) mass is 145 g/mol. The molecule has 2 rings (SSSR count). The molecule has 0 aromatic carbocycles. The van der Waals surface area contributed by atoms with Crippen LogP contribution in [0.5, 0.6) is 0 Å². The second kappa shape index (κ2) is 2.00. The summed E-state index contributed by atoms with van der Waals surface area (Å²) in [6, 6.07) is -0.366. The Bertz CT molecular complexity index is 173. The first-order valence-corrected chi connectivity index (χ1v) is 3.31. The highest BCUT2D eigenvalue weighted by Gasteiger charge is 2.45. The van der Waals surface area contributed by atoms with Crippen LogP contribution in [0, 0.1) is 0 Å². The zero-order chi connectivity index (χ0) is 7.14. The minimum Gasteiger partial charge on any atom is -0.365 e. The standard InChI is InChI=1S/C6H8FNO2/c7-3-1-8-5-4(9)2-10-6(3)5/h3,5-6,8H,1-2H2. The molecule has 2 aliphatic heterocycles. The van der Waals surface area contributed by atoms with E-state index in [4.69, 9.17) is 4.74 Å². The number of alkyl halides is 1. The Morgan fingerprint density at radius 3 is 3.20 bits per heavy atom. The third-order valence-electron chi connectivity index (χ3n) is 1.98. The van der Waals surface area contributed by atoms with E-state index in [1.165, 1.54) is 0 Å². The molecule has 0 aromatic heterocycles. The van der Waals surface area contributed by atoms with E-state index in [0.29, 0.717) is 0 Å². The molecule has 0 spiro atoms. The van der Waals surface area contributed by atoms with Gasteiger partial charge in [0.1, 0.15) is 18.9 Å². The summed E-state index contributed by atoms with van der Waals surface area (Å²) < 4.78 is 17.6. The van der Waals surface area contributed by atoms with Gasteiger partial charge in [-0.25, -0.2) is 4.39 Å². The summed E-state index contributed by atoms with van der Waals surface area (Å²) in [7, 11) is 0. The van der Waals surface area contributed by atoms with Crippen molar-refractivity contribution in [3.63, 3.8) is 0 Å². The smallest absolute Gasteiger partial charge is 0.178 e. The van der Waals surface area contributed by atoms with Crippen molar-refractivity contribution < 1.29 is 13.9 Å². The van der Waals surface area contributed by atoms with Gasteiger partial charge in [0.15, 0.2) is 5.78 Å². The Kier molecular flexibility index (Phi) is 1.25. The lowest BCUT2D eigenvalue weighted by Gasteiger charge is -2.06. The highest BCUT2D eigenvalue weighted by molar-refractivity contribution is 5.88. The normalized spacial score (nSPS) is 46.1. The summed E-state index contributed by atoms with van der Waals surface area (Å²) in [5.41, 5.74) is 0. The lowest BCUT2D eigenvalue weighted by Crippen LogP contribution is -2.33. The number of hydrogen-bond donors (Lipinski definition) is 1. The molecule has 3 atom stereocenters. The molecule has 1 N–H and O–H groups in total. The van der Waals surface area contributed by atoms with Gasteiger partial charge in [-0.3, -0.25) is 4.79 Å². The molecule has 2 fully saturated rings. The first-order chi connectivity index (χ1) is 4.79. The largest absolute Gasteiger partial charge is 0.365 e. The highest BCUT2D eigenvalue weighted by Crippen LogP contribution is 2.21. The molecule has 2 heterocycles. The van der Waals surface area contributed by atoms with Crippen molar-refractivity contribution in [1.29, 1.82) is 0 Å². The summed E-state index contributed by atoms with van der Waals surface area (Å²) in [6.45, 7) is 0.323. The number of hydrogen-bond acceptors (Lipinski definition) is 3. The fraction of sp³-hybridized carbons (Fsp3) is 0.833. The second-order valence-electron chi connectivity index (χ2n) is 2.64. The predicted octanol–water partition coefficient (Wildman–Crippen LogP) is -0.736. The van der Waals surface area contributed by atoms with Gasteiger partial charge in [-0.15, -0.1) is 0 Å². The van der Waals surface area contributed by atoms with Crippen molar-refractivity contribution in [3.05, 3.63) is 0 Å². The van der Waals surface area contributed by atoms with Crippen LogP contribution in [0.3, 0.4) is 0 Å². The number of rotatable bonds is 0. The van der Waals surface area contributed by atoms with E-state index in [1.54, 1.807) is 0 Å². The van der Waals surface area contributed by atoms with Crippen molar-refractivity contribution in [2.45, 2.75) is 18.3 Å². The molecular weight excluding hydrogens is 137 g/mol. The average Bonchev–Trinajstić information content (AvgIpc) is 2.41. The minimum absolute atomic E-state index is 0.0230. The van der Waals surface area contributed by atoms with Crippen molar-refractivity contribution in [2.75, 3.05) is 13.2 Å². The number of Topliss-reactive ketones (excluding diaryl/α,β-unsaturated/α-hetero) is 1. The Hall–Kier alpha value is -0.480. The molecule has 3 unspecified atom stereocenters. The number of carbonyl (C=O) groups is 1. The van der Waals surface area contributed by atoms with Gasteiger partial charge in [-0.2, -0.15) is 0 Å². The first-order valence-electron chi connectivity index (χ1n) is 3.31. The van der Waals surface area contributed by atoms with Gasteiger partial charge < -0.3 is 10.1 Å². The lowest BCUT2D eigenvalue weighted by atomic mass is 10.1. The van der Waals surface area contributed by atoms with Crippen molar-refractivity contribution in [1.82, 2.24) is 5.32 Å². The van der Waals surface area contributed by atoms with Crippen molar-refractivity contribution >= 4 is 5.78 Å². The summed E-state index contributed by atoms with van der Waals surface area (Å²) in [5, 5.41) is 2.77. The summed E-state index contributed by atoms with van der Waals surface area (Å²) >= 11 is 0. The quantitative estimate of drug-likeness (QED) is 0.488. The van der Waals surface area contributed by atoms with Gasteiger partial charge in [0, 0.05) is 6.54 Å². The average molecular weight is 145 g/mol. The maximum Gasteiger partial charge on any atom is 0.178 e. The molecular formula is C6H8FNO2. The Labute approximate surface area is 57.5 Å². The number of carbonyl (C=O) groups excluding carboxylic acids is 1. The van der Waals surface area contributed by atoms with Crippen molar-refractivity contribution in [2.24, 2.45) is 0 Å². The Morgan fingerprint density at radius 2 is 2.50 bits per heavy atom. The van der Waals surface area contributed by atoms with E-state index in [-0.39, 0.29) is 25.0 Å². The van der Waals surface area contributed by atoms with Crippen LogP contribution in [0.15, 0.2) is 0 Å². The zero-order valence-corrected chi connectivity index (χ0v) is 5.34. The number of ether oxygens (including phenoxy) is 1. The summed E-state index contributed by atoms with van der Waals surface area (Å²) in [6.07, 6.45) is -1.51. The molecule has 4 heteroatoms. The first kappa shape index (κ1) is 6.24. The zero-order valence-electron chi connectivity index (χ0n) is 5.34. The molecule has 56 valence electrons. The topological polar surface area (TPSA) is 38.3 Å². The predicted molar refractivity (Wildman–Crippen MR) is 31.4 cm³/mol. The maximum absolute atomic E-state index is 12.7. The van der Waals surface area contributed by atoms with Crippen LogP contribution < -0.4 is 5.32 Å². The molecule has 3 nitrogen and oxygen atoms in total. The molecule has 0 aromatic rings. The van der Waals surface area contributed by atoms with Crippen LogP contribution >= 0.6 is 0 Å². The van der Waals surface area contributed by atoms with E-state index < -0.39 is 12.3 Å². The number of fused-ring (bicyclic) bond motifs is 1. The fourth-order valence-corrected chi connectivity index (χ4v) is 1.45. The van der Waals surface area contributed by atoms with Gasteiger partial charge in [-0.1, -0.05) is 0 Å². The third-order valence-corrected chi connectivity index (χ3v) is 1.98. The van der Waals surface area contributed by atoms with Gasteiger partial charge in [0.25, 0.3) is 0 Å². The molecule has 0 radical (unpaired) electrons. The van der Waals surface area contributed by atoms with E-state index >= 15 is 0 Å². The molecule has 2 saturated heterocycles. The van der Waals surface area contributed by atoms with Gasteiger partial charge in [-0.05, 0) is 0 Å². The van der Waals surface area contributed by atoms with Gasteiger partial charge in [0.05, 0.1) is 6.04 Å². The van der Waals surface area contributed by atoms with Crippen LogP contribution in [0.2, 0.25) is 0 Å². The maximum atomic E-state index is 12.7. The molecule has 0 amide bonds. The minimum atomic E-state index is -1.00. The van der Waals surface area contributed by atoms with Gasteiger partial charge >= 0.3 is 0 Å². The van der Waals surface area contributed by atoms with Gasteiger partial charge in [0.2, 0.25) is 0 Å². The lowest BCUT2D eigenvalue weighted by molar-refractivity contribution is -0.119. The Morgan fingerprint density at radius 1 is 1.70 bits per heavy atom. The molecule has 0 saturated carbocycles. The fourth-order valence-electron chi connectivity index (χ4n) is 1.45. The highest BCUT2D eigenvalue weighted by atomic mass is 19.1. The second-order valence-corrected chi connectivity index (χ2v) is 2.64. The van der Waals surface area contributed by atoms with Crippen LogP contribution in [0.1, 0.15) is 0 Å². The number of halogens is 1. The summed E-state index contributed by atoms with van der Waals surface area (Å²) in [4.78, 5) is 10.8. The number of ketones is 1. The third kappa shape index (κ3) is 0.690. The van der Waals surface area contributed by atoms with Crippen molar-refractivity contribution in [3.8, 4) is 0 Å². The SMILES string of the molecule is O=C1COC2C(F)CNC12. The van der Waals surface area contributed by atoms with Crippen LogP contribution in [0.25, 0.3) is 0 Å². The van der Waals surface area contributed by atoms with Crippen LogP contribution in [0.4, 0.5) is 4.39 Å².